The molecule has 0 amide bonds. The molecule has 0 bridgehead atoms. The zero-order valence-corrected chi connectivity index (χ0v) is 9.00. The summed E-state index contributed by atoms with van der Waals surface area (Å²) in [6.07, 6.45) is 4.19. The zero-order chi connectivity index (χ0) is 9.26. The van der Waals surface area contributed by atoms with E-state index in [9.17, 15) is 0 Å². The molecule has 0 spiro atoms. The van der Waals surface area contributed by atoms with Gasteiger partial charge in [-0.15, -0.1) is 0 Å². The summed E-state index contributed by atoms with van der Waals surface area (Å²) in [7, 11) is 2.29. The zero-order valence-electron chi connectivity index (χ0n) is 9.00. The van der Waals surface area contributed by atoms with Crippen molar-refractivity contribution in [3.8, 4) is 0 Å². The molecular weight excluding hydrogens is 160 g/mol. The largest absolute Gasteiger partial charge is 0.302 e. The average Bonchev–Trinajstić information content (AvgIpc) is 2.49. The standard InChI is InChI=1S/C11H22N2/c1-3-6-13-8-5-10-4-7-12(2)11(10)9-13/h10-11H,3-9H2,1-2H3. The molecule has 2 heteroatoms. The second kappa shape index (κ2) is 3.97. The van der Waals surface area contributed by atoms with Crippen molar-refractivity contribution in [2.24, 2.45) is 5.92 Å². The van der Waals surface area contributed by atoms with Crippen molar-refractivity contribution >= 4 is 0 Å². The first-order valence-corrected chi connectivity index (χ1v) is 5.74. The smallest absolute Gasteiger partial charge is 0.0249 e. The molecule has 2 nitrogen and oxygen atoms in total. The van der Waals surface area contributed by atoms with Gasteiger partial charge in [0.15, 0.2) is 0 Å². The Balaban J connectivity index is 1.90. The normalized spacial score (nSPS) is 36.5. The van der Waals surface area contributed by atoms with Crippen molar-refractivity contribution in [3.05, 3.63) is 0 Å². The third-order valence-electron chi connectivity index (χ3n) is 3.76. The van der Waals surface area contributed by atoms with Crippen molar-refractivity contribution in [1.82, 2.24) is 9.80 Å². The van der Waals surface area contributed by atoms with E-state index < -0.39 is 0 Å². The summed E-state index contributed by atoms with van der Waals surface area (Å²) in [5.41, 5.74) is 0. The quantitative estimate of drug-likeness (QED) is 0.637. The summed E-state index contributed by atoms with van der Waals surface area (Å²) in [6, 6.07) is 0.875. The number of nitrogens with zero attached hydrogens (tertiary/aromatic N) is 2. The van der Waals surface area contributed by atoms with Gasteiger partial charge in [-0.3, -0.25) is 0 Å². The second-order valence-corrected chi connectivity index (χ2v) is 4.69. The summed E-state index contributed by atoms with van der Waals surface area (Å²) in [4.78, 5) is 5.20. The molecule has 13 heavy (non-hydrogen) atoms. The highest BCUT2D eigenvalue weighted by Gasteiger charge is 2.35. The second-order valence-electron chi connectivity index (χ2n) is 4.69. The lowest BCUT2D eigenvalue weighted by atomic mass is 9.92. The third kappa shape index (κ3) is 1.89. The van der Waals surface area contributed by atoms with Crippen LogP contribution < -0.4 is 0 Å². The van der Waals surface area contributed by atoms with Crippen molar-refractivity contribution in [3.63, 3.8) is 0 Å². The molecule has 2 aliphatic rings. The van der Waals surface area contributed by atoms with Gasteiger partial charge in [0.2, 0.25) is 0 Å². The highest BCUT2D eigenvalue weighted by Crippen LogP contribution is 2.30. The maximum Gasteiger partial charge on any atom is 0.0249 e. The molecule has 0 aromatic rings. The Hall–Kier alpha value is -0.0800. The number of fused-ring (bicyclic) bond motifs is 1. The minimum absolute atomic E-state index is 0.875. The monoisotopic (exact) mass is 182 g/mol. The summed E-state index contributed by atoms with van der Waals surface area (Å²) in [5.74, 6) is 1.01. The number of piperidine rings is 1. The van der Waals surface area contributed by atoms with Crippen LogP contribution in [0.5, 0.6) is 0 Å². The number of hydrogen-bond donors (Lipinski definition) is 0. The van der Waals surface area contributed by atoms with Crippen molar-refractivity contribution in [2.45, 2.75) is 32.2 Å². The SMILES string of the molecule is CCCN1CCC2CCN(C)C2C1. The van der Waals surface area contributed by atoms with Crippen LogP contribution in [0.3, 0.4) is 0 Å². The van der Waals surface area contributed by atoms with Gasteiger partial charge in [-0.05, 0) is 51.9 Å². The third-order valence-corrected chi connectivity index (χ3v) is 3.76. The molecule has 0 aromatic heterocycles. The van der Waals surface area contributed by atoms with E-state index in [1.807, 2.05) is 0 Å². The lowest BCUT2D eigenvalue weighted by Crippen LogP contribution is -2.47. The van der Waals surface area contributed by atoms with Crippen LogP contribution in [-0.4, -0.2) is 49.1 Å². The van der Waals surface area contributed by atoms with Crippen LogP contribution in [-0.2, 0) is 0 Å². The summed E-state index contributed by atoms with van der Waals surface area (Å²) < 4.78 is 0. The molecule has 76 valence electrons. The number of rotatable bonds is 2. The van der Waals surface area contributed by atoms with Crippen LogP contribution in [0, 0.1) is 5.92 Å². The Labute approximate surface area is 81.9 Å². The van der Waals surface area contributed by atoms with Crippen LogP contribution in [0.1, 0.15) is 26.2 Å². The van der Waals surface area contributed by atoms with E-state index in [2.05, 4.69) is 23.8 Å². The number of likely N-dealkylation sites (N-methyl/N-ethyl adjacent to an activating group) is 1. The molecule has 2 aliphatic heterocycles. The van der Waals surface area contributed by atoms with Gasteiger partial charge in [-0.25, -0.2) is 0 Å². The highest BCUT2D eigenvalue weighted by atomic mass is 15.2. The molecule has 2 atom stereocenters. The lowest BCUT2D eigenvalue weighted by molar-refractivity contribution is 0.119. The minimum Gasteiger partial charge on any atom is -0.302 e. The Morgan fingerprint density at radius 1 is 1.23 bits per heavy atom. The predicted molar refractivity (Wildman–Crippen MR) is 55.9 cm³/mol. The molecular formula is C11H22N2. The molecule has 2 fully saturated rings. The summed E-state index contributed by atoms with van der Waals surface area (Å²) in [5, 5.41) is 0. The van der Waals surface area contributed by atoms with Crippen LogP contribution in [0.4, 0.5) is 0 Å². The van der Waals surface area contributed by atoms with Gasteiger partial charge in [-0.2, -0.15) is 0 Å². The molecule has 0 N–H and O–H groups in total. The first-order valence-electron chi connectivity index (χ1n) is 5.74. The van der Waals surface area contributed by atoms with E-state index in [-0.39, 0.29) is 0 Å². The molecule has 2 saturated heterocycles. The van der Waals surface area contributed by atoms with E-state index in [4.69, 9.17) is 0 Å². The minimum atomic E-state index is 0.875. The first kappa shape index (κ1) is 9.47. The average molecular weight is 182 g/mol. The van der Waals surface area contributed by atoms with E-state index in [1.165, 1.54) is 45.4 Å². The lowest BCUT2D eigenvalue weighted by Gasteiger charge is -2.37. The van der Waals surface area contributed by atoms with Crippen molar-refractivity contribution < 1.29 is 0 Å². The maximum atomic E-state index is 2.64. The van der Waals surface area contributed by atoms with Gasteiger partial charge >= 0.3 is 0 Å². The maximum absolute atomic E-state index is 2.64. The fourth-order valence-electron chi connectivity index (χ4n) is 2.94. The van der Waals surface area contributed by atoms with Gasteiger partial charge in [0.05, 0.1) is 0 Å². The van der Waals surface area contributed by atoms with Gasteiger partial charge in [-0.1, -0.05) is 6.92 Å². The van der Waals surface area contributed by atoms with Gasteiger partial charge < -0.3 is 9.80 Å². The first-order chi connectivity index (χ1) is 6.31. The summed E-state index contributed by atoms with van der Waals surface area (Å²) >= 11 is 0. The molecule has 2 unspecified atom stereocenters. The van der Waals surface area contributed by atoms with E-state index in [0.29, 0.717) is 0 Å². The number of likely N-dealkylation sites (tertiary alicyclic amines) is 2. The van der Waals surface area contributed by atoms with E-state index >= 15 is 0 Å². The molecule has 0 aliphatic carbocycles. The van der Waals surface area contributed by atoms with Crippen LogP contribution in [0.2, 0.25) is 0 Å². The fraction of sp³-hybridized carbons (Fsp3) is 1.00. The van der Waals surface area contributed by atoms with Gasteiger partial charge in [0.25, 0.3) is 0 Å². The van der Waals surface area contributed by atoms with Crippen LogP contribution >= 0.6 is 0 Å². The van der Waals surface area contributed by atoms with Crippen LogP contribution in [0.15, 0.2) is 0 Å². The Kier molecular flexibility index (Phi) is 2.89. The molecule has 0 aromatic carbocycles. The fourth-order valence-corrected chi connectivity index (χ4v) is 2.94. The summed E-state index contributed by atoms with van der Waals surface area (Å²) in [6.45, 7) is 7.59. The van der Waals surface area contributed by atoms with Crippen LogP contribution in [0.25, 0.3) is 0 Å². The molecule has 0 saturated carbocycles. The Morgan fingerprint density at radius 2 is 2.00 bits per heavy atom. The van der Waals surface area contributed by atoms with Gasteiger partial charge in [0.1, 0.15) is 0 Å². The molecule has 2 heterocycles. The Bertz CT molecular complexity index is 169. The topological polar surface area (TPSA) is 6.48 Å². The molecule has 0 radical (unpaired) electrons. The highest BCUT2D eigenvalue weighted by molar-refractivity contribution is 4.91. The molecule has 2 rings (SSSR count). The van der Waals surface area contributed by atoms with Crippen molar-refractivity contribution in [2.75, 3.05) is 33.2 Å². The van der Waals surface area contributed by atoms with E-state index in [0.717, 1.165) is 12.0 Å². The predicted octanol–water partition coefficient (Wildman–Crippen LogP) is 1.42. The van der Waals surface area contributed by atoms with Gasteiger partial charge in [0, 0.05) is 12.6 Å². The van der Waals surface area contributed by atoms with Crippen molar-refractivity contribution in [1.29, 1.82) is 0 Å². The van der Waals surface area contributed by atoms with E-state index in [1.54, 1.807) is 0 Å². The number of hydrogen-bond acceptors (Lipinski definition) is 2. The Morgan fingerprint density at radius 3 is 2.77 bits per heavy atom.